The molecule has 0 aliphatic carbocycles. The highest BCUT2D eigenvalue weighted by Crippen LogP contribution is 2.32. The first-order chi connectivity index (χ1) is 13.7. The van der Waals surface area contributed by atoms with E-state index in [-0.39, 0.29) is 5.56 Å². The Morgan fingerprint density at radius 2 is 1.71 bits per heavy atom. The van der Waals surface area contributed by atoms with Crippen molar-refractivity contribution >= 4 is 23.1 Å². The van der Waals surface area contributed by atoms with Crippen LogP contribution in [0.2, 0.25) is 0 Å². The highest BCUT2D eigenvalue weighted by molar-refractivity contribution is 6.19. The van der Waals surface area contributed by atoms with E-state index in [9.17, 15) is 4.79 Å². The van der Waals surface area contributed by atoms with Crippen molar-refractivity contribution in [3.8, 4) is 11.1 Å². The van der Waals surface area contributed by atoms with Crippen LogP contribution in [0.25, 0.3) is 11.1 Å². The van der Waals surface area contributed by atoms with E-state index >= 15 is 0 Å². The second kappa shape index (κ2) is 7.53. The van der Waals surface area contributed by atoms with Gasteiger partial charge in [0.15, 0.2) is 0 Å². The number of carbonyl (C=O) groups is 1. The Bertz CT molecular complexity index is 1080. The molecule has 3 aromatic carbocycles. The van der Waals surface area contributed by atoms with Crippen molar-refractivity contribution in [1.29, 1.82) is 0 Å². The maximum Gasteiger partial charge on any atom is 0.335 e. The fourth-order valence-corrected chi connectivity index (χ4v) is 3.33. The molecule has 1 aliphatic heterocycles. The van der Waals surface area contributed by atoms with E-state index in [4.69, 9.17) is 10.1 Å². The second-order valence-corrected chi connectivity index (χ2v) is 6.61. The van der Waals surface area contributed by atoms with Crippen LogP contribution < -0.4 is 5.32 Å². The summed E-state index contributed by atoms with van der Waals surface area (Å²) in [6.45, 7) is 2.76. The van der Waals surface area contributed by atoms with Gasteiger partial charge in [-0.05, 0) is 60.0 Å². The van der Waals surface area contributed by atoms with Gasteiger partial charge in [-0.1, -0.05) is 42.5 Å². The van der Waals surface area contributed by atoms with E-state index in [1.54, 1.807) is 12.1 Å². The summed E-state index contributed by atoms with van der Waals surface area (Å²) in [7, 11) is 0. The molecule has 0 spiro atoms. The fraction of sp³-hybridized carbons (Fsp3) is 0.0833. The summed E-state index contributed by atoms with van der Waals surface area (Å²) in [4.78, 5) is 16.0. The average molecular weight is 368 g/mol. The number of aromatic carboxylic acids is 1. The van der Waals surface area contributed by atoms with Crippen LogP contribution >= 0.6 is 0 Å². The summed E-state index contributed by atoms with van der Waals surface area (Å²) in [6, 6.07) is 23.1. The molecule has 4 heteroatoms. The molecule has 0 saturated carbocycles. The number of fused-ring (bicyclic) bond motifs is 1. The molecule has 0 amide bonds. The number of rotatable bonds is 3. The summed E-state index contributed by atoms with van der Waals surface area (Å²) in [5.41, 5.74) is 7.40. The average Bonchev–Trinajstić information content (AvgIpc) is 2.74. The van der Waals surface area contributed by atoms with Gasteiger partial charge in [-0.15, -0.1) is 0 Å². The number of anilines is 1. The number of carboxylic acid groups (broad SMARTS) is 1. The van der Waals surface area contributed by atoms with Crippen LogP contribution in [-0.4, -0.2) is 23.3 Å². The van der Waals surface area contributed by atoms with Crippen LogP contribution in [0.15, 0.2) is 89.4 Å². The van der Waals surface area contributed by atoms with Crippen molar-refractivity contribution in [2.24, 2.45) is 4.99 Å². The molecule has 0 unspecified atom stereocenters. The lowest BCUT2D eigenvalue weighted by atomic mass is 9.92. The van der Waals surface area contributed by atoms with Gasteiger partial charge in [-0.3, -0.25) is 0 Å². The van der Waals surface area contributed by atoms with Gasteiger partial charge in [0.2, 0.25) is 0 Å². The summed E-state index contributed by atoms with van der Waals surface area (Å²) < 4.78 is 0. The Balaban J connectivity index is 1.81. The Labute approximate surface area is 163 Å². The molecule has 4 nitrogen and oxygen atoms in total. The molecule has 138 valence electrons. The molecule has 1 heterocycles. The number of para-hydroxylation sites is 1. The minimum Gasteiger partial charge on any atom is -0.478 e. The molecular weight excluding hydrogens is 348 g/mol. The first-order valence-corrected chi connectivity index (χ1v) is 9.17. The third kappa shape index (κ3) is 3.45. The zero-order chi connectivity index (χ0) is 19.5. The van der Waals surface area contributed by atoms with Crippen molar-refractivity contribution in [3.63, 3.8) is 0 Å². The molecule has 2 N–H and O–H groups in total. The van der Waals surface area contributed by atoms with Crippen molar-refractivity contribution in [1.82, 2.24) is 0 Å². The maximum atomic E-state index is 11.1. The van der Waals surface area contributed by atoms with Gasteiger partial charge in [-0.25, -0.2) is 9.79 Å². The van der Waals surface area contributed by atoms with E-state index < -0.39 is 5.97 Å². The third-order valence-corrected chi connectivity index (χ3v) is 4.86. The van der Waals surface area contributed by atoms with E-state index in [1.165, 1.54) is 0 Å². The molecule has 4 rings (SSSR count). The number of hydrogen-bond donors (Lipinski definition) is 2. The zero-order valence-electron chi connectivity index (χ0n) is 15.5. The minimum absolute atomic E-state index is 0.283. The third-order valence-electron chi connectivity index (χ3n) is 4.86. The minimum atomic E-state index is -0.920. The smallest absolute Gasteiger partial charge is 0.335 e. The topological polar surface area (TPSA) is 61.7 Å². The van der Waals surface area contributed by atoms with Crippen molar-refractivity contribution in [3.05, 3.63) is 95.6 Å². The molecule has 28 heavy (non-hydrogen) atoms. The molecule has 0 fully saturated rings. The number of hydrogen-bond acceptors (Lipinski definition) is 3. The zero-order valence-corrected chi connectivity index (χ0v) is 15.5. The Kier molecular flexibility index (Phi) is 4.77. The van der Waals surface area contributed by atoms with Gasteiger partial charge >= 0.3 is 5.97 Å². The predicted molar refractivity (Wildman–Crippen MR) is 114 cm³/mol. The molecule has 0 saturated heterocycles. The number of nitrogens with zero attached hydrogens (tertiary/aromatic N) is 1. The lowest BCUT2D eigenvalue weighted by Gasteiger charge is -2.23. The van der Waals surface area contributed by atoms with E-state index in [0.717, 1.165) is 45.9 Å². The van der Waals surface area contributed by atoms with Crippen LogP contribution in [-0.2, 0) is 0 Å². The molecule has 0 radical (unpaired) electrons. The number of nitrogens with one attached hydrogen (secondary N) is 1. The normalized spacial score (nSPS) is 15.9. The Morgan fingerprint density at radius 1 is 1.00 bits per heavy atom. The summed E-state index contributed by atoms with van der Waals surface area (Å²) in [5.74, 6) is -0.920. The monoisotopic (exact) mass is 368 g/mol. The van der Waals surface area contributed by atoms with Crippen LogP contribution in [0.3, 0.4) is 0 Å². The molecule has 0 atom stereocenters. The van der Waals surface area contributed by atoms with E-state index in [0.29, 0.717) is 0 Å². The molecule has 3 aromatic rings. The lowest BCUT2D eigenvalue weighted by Crippen LogP contribution is -2.22. The second-order valence-electron chi connectivity index (χ2n) is 6.61. The van der Waals surface area contributed by atoms with Crippen molar-refractivity contribution < 1.29 is 9.90 Å². The lowest BCUT2D eigenvalue weighted by molar-refractivity contribution is 0.0697. The van der Waals surface area contributed by atoms with E-state index in [1.807, 2.05) is 55.5 Å². The number of carboxylic acids is 1. The first kappa shape index (κ1) is 17.7. The molecule has 0 aromatic heterocycles. The van der Waals surface area contributed by atoms with Gasteiger partial charge in [0.25, 0.3) is 0 Å². The quantitative estimate of drug-likeness (QED) is 0.638. The molecule has 0 bridgehead atoms. The number of benzene rings is 3. The largest absolute Gasteiger partial charge is 0.478 e. The van der Waals surface area contributed by atoms with Crippen molar-refractivity contribution in [2.75, 3.05) is 11.9 Å². The van der Waals surface area contributed by atoms with E-state index in [2.05, 4.69) is 23.5 Å². The fourth-order valence-electron chi connectivity index (χ4n) is 3.33. The summed E-state index contributed by atoms with van der Waals surface area (Å²) in [6.07, 6.45) is 2.09. The van der Waals surface area contributed by atoms with Gasteiger partial charge in [-0.2, -0.15) is 0 Å². The summed E-state index contributed by atoms with van der Waals surface area (Å²) in [5, 5.41) is 12.6. The molecule has 1 aliphatic rings. The van der Waals surface area contributed by atoms with Gasteiger partial charge in [0, 0.05) is 17.8 Å². The Hall–Kier alpha value is -3.66. The SMILES string of the molecule is C/C=C1\CNc2ccc(-c3ccc(C(=O)O)cc3)cc2C1=Nc1ccccc1. The number of allylic oxidation sites excluding steroid dienone is 1. The predicted octanol–water partition coefficient (Wildman–Crippen LogP) is 5.54. The van der Waals surface area contributed by atoms with Crippen LogP contribution in [0.4, 0.5) is 11.4 Å². The standard InChI is InChI=1S/C24H20N2O2/c1-2-16-15-25-22-13-12-19(17-8-10-18(11-9-17)24(27)28)14-21(22)23(16)26-20-6-4-3-5-7-20/h2-14,25H,15H2,1H3,(H,27,28)/b16-2+,26-23?. The van der Waals surface area contributed by atoms with Gasteiger partial charge in [0.1, 0.15) is 0 Å². The highest BCUT2D eigenvalue weighted by atomic mass is 16.4. The molecular formula is C24H20N2O2. The number of aliphatic imine (C=N–C) groups is 1. The summed E-state index contributed by atoms with van der Waals surface area (Å²) >= 11 is 0. The van der Waals surface area contributed by atoms with Gasteiger partial charge in [0.05, 0.1) is 17.0 Å². The highest BCUT2D eigenvalue weighted by Gasteiger charge is 2.20. The van der Waals surface area contributed by atoms with Crippen molar-refractivity contribution in [2.45, 2.75) is 6.92 Å². The van der Waals surface area contributed by atoms with Crippen LogP contribution in [0.5, 0.6) is 0 Å². The van der Waals surface area contributed by atoms with Crippen LogP contribution in [0.1, 0.15) is 22.8 Å². The van der Waals surface area contributed by atoms with Crippen LogP contribution in [0, 0.1) is 0 Å². The Morgan fingerprint density at radius 3 is 2.39 bits per heavy atom. The first-order valence-electron chi connectivity index (χ1n) is 9.17. The maximum absolute atomic E-state index is 11.1. The van der Waals surface area contributed by atoms with Gasteiger partial charge < -0.3 is 10.4 Å².